The Morgan fingerprint density at radius 2 is 1.92 bits per heavy atom. The standard InChI is InChI=1S/C22H35NS/c1-4-7-19-24-20-18-23(6-3)22(13-5-2)17-12-11-16-21-14-9-8-10-15-21/h6,8-10,12,14-15,17,22H,3-5,7,11,13,16,18-20H2,1-2H3/b17-12+. The van der Waals surface area contributed by atoms with Crippen LogP contribution in [0.25, 0.3) is 0 Å². The molecule has 1 rings (SSSR count). The Bertz CT molecular complexity index is 441. The van der Waals surface area contributed by atoms with Crippen molar-refractivity contribution < 1.29 is 0 Å². The first-order valence-electron chi connectivity index (χ1n) is 9.48. The number of hydrogen-bond acceptors (Lipinski definition) is 2. The predicted octanol–water partition coefficient (Wildman–Crippen LogP) is 6.32. The monoisotopic (exact) mass is 345 g/mol. The average Bonchev–Trinajstić information content (AvgIpc) is 2.62. The third kappa shape index (κ3) is 9.22. The fourth-order valence-corrected chi connectivity index (χ4v) is 3.76. The van der Waals surface area contributed by atoms with E-state index >= 15 is 0 Å². The van der Waals surface area contributed by atoms with E-state index in [-0.39, 0.29) is 0 Å². The predicted molar refractivity (Wildman–Crippen MR) is 112 cm³/mol. The summed E-state index contributed by atoms with van der Waals surface area (Å²) in [6.45, 7) is 9.66. The Balaban J connectivity index is 2.40. The van der Waals surface area contributed by atoms with E-state index in [4.69, 9.17) is 0 Å². The van der Waals surface area contributed by atoms with Crippen molar-refractivity contribution in [1.29, 1.82) is 0 Å². The quantitative estimate of drug-likeness (QED) is 0.286. The highest BCUT2D eigenvalue weighted by atomic mass is 32.2. The van der Waals surface area contributed by atoms with Gasteiger partial charge < -0.3 is 4.90 Å². The second-order valence-corrected chi connectivity index (χ2v) is 7.42. The molecule has 0 saturated heterocycles. The SMILES string of the molecule is C=CN(CCSCCCC)C(/C=C/CCc1ccccc1)CCC. The first kappa shape index (κ1) is 20.9. The molecule has 24 heavy (non-hydrogen) atoms. The van der Waals surface area contributed by atoms with Crippen LogP contribution in [0.3, 0.4) is 0 Å². The molecule has 0 bridgehead atoms. The van der Waals surface area contributed by atoms with Crippen LogP contribution in [-0.4, -0.2) is 29.0 Å². The van der Waals surface area contributed by atoms with E-state index in [0.717, 1.165) is 19.4 Å². The first-order valence-corrected chi connectivity index (χ1v) is 10.6. The van der Waals surface area contributed by atoms with Gasteiger partial charge in [-0.1, -0.05) is 75.8 Å². The summed E-state index contributed by atoms with van der Waals surface area (Å²) in [5.41, 5.74) is 1.42. The number of unbranched alkanes of at least 4 members (excludes halogenated alkanes) is 1. The van der Waals surface area contributed by atoms with E-state index in [1.165, 1.54) is 42.8 Å². The zero-order chi connectivity index (χ0) is 17.5. The van der Waals surface area contributed by atoms with Gasteiger partial charge in [0.1, 0.15) is 0 Å². The topological polar surface area (TPSA) is 3.24 Å². The molecule has 1 nitrogen and oxygen atoms in total. The lowest BCUT2D eigenvalue weighted by molar-refractivity contribution is 0.321. The molecule has 1 aromatic rings. The van der Waals surface area contributed by atoms with Crippen LogP contribution in [0.1, 0.15) is 51.5 Å². The Morgan fingerprint density at radius 3 is 2.58 bits per heavy atom. The Morgan fingerprint density at radius 1 is 1.12 bits per heavy atom. The molecule has 0 aromatic heterocycles. The van der Waals surface area contributed by atoms with Crippen LogP contribution in [-0.2, 0) is 6.42 Å². The Kier molecular flexibility index (Phi) is 12.4. The van der Waals surface area contributed by atoms with Crippen molar-refractivity contribution in [3.8, 4) is 0 Å². The van der Waals surface area contributed by atoms with E-state index in [0.29, 0.717) is 6.04 Å². The van der Waals surface area contributed by atoms with Crippen molar-refractivity contribution in [2.24, 2.45) is 0 Å². The van der Waals surface area contributed by atoms with E-state index in [2.05, 4.69) is 79.6 Å². The van der Waals surface area contributed by atoms with Crippen LogP contribution in [0, 0.1) is 0 Å². The van der Waals surface area contributed by atoms with Crippen molar-refractivity contribution in [2.75, 3.05) is 18.1 Å². The largest absolute Gasteiger partial charge is 0.371 e. The smallest absolute Gasteiger partial charge is 0.0467 e. The van der Waals surface area contributed by atoms with Crippen molar-refractivity contribution in [3.63, 3.8) is 0 Å². The summed E-state index contributed by atoms with van der Waals surface area (Å²) in [5.74, 6) is 2.48. The summed E-state index contributed by atoms with van der Waals surface area (Å²) in [5, 5.41) is 0. The second kappa shape index (κ2) is 14.2. The Labute approximate surface area is 154 Å². The number of thioether (sulfide) groups is 1. The van der Waals surface area contributed by atoms with Gasteiger partial charge in [0.15, 0.2) is 0 Å². The molecule has 0 saturated carbocycles. The third-order valence-electron chi connectivity index (χ3n) is 4.18. The zero-order valence-electron chi connectivity index (χ0n) is 15.6. The van der Waals surface area contributed by atoms with Gasteiger partial charge in [0.05, 0.1) is 0 Å². The van der Waals surface area contributed by atoms with E-state index in [1.807, 2.05) is 6.20 Å². The number of rotatable bonds is 14. The molecule has 2 heteroatoms. The highest BCUT2D eigenvalue weighted by Gasteiger charge is 2.10. The minimum absolute atomic E-state index is 0.495. The fourth-order valence-electron chi connectivity index (χ4n) is 2.73. The van der Waals surface area contributed by atoms with Crippen molar-refractivity contribution in [2.45, 2.75) is 58.4 Å². The van der Waals surface area contributed by atoms with Crippen LogP contribution in [0.15, 0.2) is 55.3 Å². The summed E-state index contributed by atoms with van der Waals surface area (Å²) in [6, 6.07) is 11.2. The maximum absolute atomic E-state index is 4.04. The normalized spacial score (nSPS) is 12.4. The number of allylic oxidation sites excluding steroid dienone is 1. The Hall–Kier alpha value is -1.15. The van der Waals surface area contributed by atoms with E-state index in [9.17, 15) is 0 Å². The van der Waals surface area contributed by atoms with Crippen LogP contribution in [0.5, 0.6) is 0 Å². The minimum Gasteiger partial charge on any atom is -0.371 e. The van der Waals surface area contributed by atoms with Crippen LogP contribution >= 0.6 is 11.8 Å². The van der Waals surface area contributed by atoms with E-state index in [1.54, 1.807) is 0 Å². The number of benzene rings is 1. The summed E-state index contributed by atoms with van der Waals surface area (Å²) >= 11 is 2.07. The molecule has 0 aliphatic rings. The van der Waals surface area contributed by atoms with Crippen LogP contribution < -0.4 is 0 Å². The minimum atomic E-state index is 0.495. The maximum Gasteiger partial charge on any atom is 0.0467 e. The molecular formula is C22H35NS. The van der Waals surface area contributed by atoms with Crippen molar-refractivity contribution in [1.82, 2.24) is 4.90 Å². The molecule has 1 atom stereocenters. The van der Waals surface area contributed by atoms with Gasteiger partial charge in [-0.2, -0.15) is 11.8 Å². The highest BCUT2D eigenvalue weighted by molar-refractivity contribution is 7.99. The molecule has 0 radical (unpaired) electrons. The van der Waals surface area contributed by atoms with Gasteiger partial charge in [-0.3, -0.25) is 0 Å². The molecule has 0 heterocycles. The number of nitrogens with zero attached hydrogens (tertiary/aromatic N) is 1. The lowest BCUT2D eigenvalue weighted by atomic mass is 10.1. The van der Waals surface area contributed by atoms with Gasteiger partial charge in [-0.15, -0.1) is 0 Å². The molecule has 0 aliphatic carbocycles. The molecule has 0 amide bonds. The van der Waals surface area contributed by atoms with Gasteiger partial charge >= 0.3 is 0 Å². The molecule has 0 aliphatic heterocycles. The molecule has 0 spiro atoms. The van der Waals surface area contributed by atoms with Gasteiger partial charge in [0, 0.05) is 18.3 Å². The van der Waals surface area contributed by atoms with Gasteiger partial charge in [-0.25, -0.2) is 0 Å². The molecule has 0 N–H and O–H groups in total. The van der Waals surface area contributed by atoms with Crippen LogP contribution in [0.4, 0.5) is 0 Å². The number of hydrogen-bond donors (Lipinski definition) is 0. The summed E-state index contributed by atoms with van der Waals surface area (Å²) in [7, 11) is 0. The zero-order valence-corrected chi connectivity index (χ0v) is 16.4. The average molecular weight is 346 g/mol. The highest BCUT2D eigenvalue weighted by Crippen LogP contribution is 2.13. The maximum atomic E-state index is 4.04. The van der Waals surface area contributed by atoms with E-state index < -0.39 is 0 Å². The molecule has 1 aromatic carbocycles. The molecular weight excluding hydrogens is 310 g/mol. The van der Waals surface area contributed by atoms with Gasteiger partial charge in [0.2, 0.25) is 0 Å². The van der Waals surface area contributed by atoms with Gasteiger partial charge in [0.25, 0.3) is 0 Å². The van der Waals surface area contributed by atoms with Gasteiger partial charge in [-0.05, 0) is 43.2 Å². The van der Waals surface area contributed by atoms with Crippen molar-refractivity contribution in [3.05, 3.63) is 60.8 Å². The summed E-state index contributed by atoms with van der Waals surface area (Å²) in [6.07, 6.45) is 14.0. The van der Waals surface area contributed by atoms with Crippen molar-refractivity contribution >= 4 is 11.8 Å². The molecule has 134 valence electrons. The van der Waals surface area contributed by atoms with Crippen LogP contribution in [0.2, 0.25) is 0 Å². The second-order valence-electron chi connectivity index (χ2n) is 6.19. The first-order chi connectivity index (χ1) is 11.8. The third-order valence-corrected chi connectivity index (χ3v) is 5.23. The lowest BCUT2D eigenvalue weighted by Crippen LogP contribution is -2.30. The fraction of sp³-hybridized carbons (Fsp3) is 0.545. The number of aryl methyl sites for hydroxylation is 1. The lowest BCUT2D eigenvalue weighted by Gasteiger charge is -2.28. The molecule has 0 fully saturated rings. The molecule has 1 unspecified atom stereocenters. The summed E-state index contributed by atoms with van der Waals surface area (Å²) < 4.78 is 0. The summed E-state index contributed by atoms with van der Waals surface area (Å²) in [4.78, 5) is 2.42.